The second-order valence-electron chi connectivity index (χ2n) is 9.60. The fourth-order valence-corrected chi connectivity index (χ4v) is 5.21. The molecule has 0 aliphatic carbocycles. The SMILES string of the molecule is Cc1c(C(=O)CCCCN2CCCC2)[nH]c(/C=C2\C(=O)Nc3ccccc32)c1C(=O)c1ccccc1. The minimum absolute atomic E-state index is 0.00282. The average molecular weight is 482 g/mol. The summed E-state index contributed by atoms with van der Waals surface area (Å²) in [5.74, 6) is -0.399. The summed E-state index contributed by atoms with van der Waals surface area (Å²) in [6.07, 6.45) is 6.44. The van der Waals surface area contributed by atoms with E-state index in [2.05, 4.69) is 15.2 Å². The van der Waals surface area contributed by atoms with Gasteiger partial charge in [0.1, 0.15) is 0 Å². The van der Waals surface area contributed by atoms with Crippen LogP contribution >= 0.6 is 0 Å². The van der Waals surface area contributed by atoms with E-state index in [4.69, 9.17) is 0 Å². The zero-order valence-corrected chi connectivity index (χ0v) is 20.6. The number of amides is 1. The van der Waals surface area contributed by atoms with E-state index >= 15 is 0 Å². The zero-order chi connectivity index (χ0) is 25.1. The number of unbranched alkanes of at least 4 members (excludes halogenated alkanes) is 1. The highest BCUT2D eigenvalue weighted by molar-refractivity contribution is 6.35. The quantitative estimate of drug-likeness (QED) is 0.240. The van der Waals surface area contributed by atoms with Crippen molar-refractivity contribution < 1.29 is 14.4 Å². The first-order chi connectivity index (χ1) is 17.5. The van der Waals surface area contributed by atoms with E-state index in [1.54, 1.807) is 18.2 Å². The van der Waals surface area contributed by atoms with Gasteiger partial charge in [-0.2, -0.15) is 0 Å². The van der Waals surface area contributed by atoms with E-state index in [-0.39, 0.29) is 17.5 Å². The van der Waals surface area contributed by atoms with Crippen LogP contribution in [0.3, 0.4) is 0 Å². The molecule has 2 aromatic carbocycles. The van der Waals surface area contributed by atoms with Crippen molar-refractivity contribution in [3.63, 3.8) is 0 Å². The topological polar surface area (TPSA) is 82.3 Å². The van der Waals surface area contributed by atoms with Crippen LogP contribution in [-0.2, 0) is 4.79 Å². The van der Waals surface area contributed by atoms with Crippen LogP contribution in [0, 0.1) is 6.92 Å². The fraction of sp³-hybridized carbons (Fsp3) is 0.300. The highest BCUT2D eigenvalue weighted by Crippen LogP contribution is 2.34. The number of likely N-dealkylation sites (tertiary alicyclic amines) is 1. The van der Waals surface area contributed by atoms with Crippen LogP contribution in [0.2, 0.25) is 0 Å². The Labute approximate surface area is 211 Å². The Morgan fingerprint density at radius 1 is 0.972 bits per heavy atom. The largest absolute Gasteiger partial charge is 0.352 e. The van der Waals surface area contributed by atoms with E-state index < -0.39 is 0 Å². The molecule has 5 rings (SSSR count). The third kappa shape index (κ3) is 4.82. The number of carbonyl (C=O) groups is 3. The molecule has 1 saturated heterocycles. The Morgan fingerprint density at radius 2 is 1.69 bits per heavy atom. The molecule has 36 heavy (non-hydrogen) atoms. The summed E-state index contributed by atoms with van der Waals surface area (Å²) >= 11 is 0. The maximum atomic E-state index is 13.6. The molecule has 1 fully saturated rings. The summed E-state index contributed by atoms with van der Waals surface area (Å²) in [5, 5.41) is 2.87. The lowest BCUT2D eigenvalue weighted by molar-refractivity contribution is -0.110. The molecule has 0 unspecified atom stereocenters. The third-order valence-corrected chi connectivity index (χ3v) is 7.15. The van der Waals surface area contributed by atoms with Gasteiger partial charge in [-0.15, -0.1) is 0 Å². The normalized spacial score (nSPS) is 16.4. The van der Waals surface area contributed by atoms with Gasteiger partial charge in [0, 0.05) is 23.2 Å². The standard InChI is InChI=1S/C30H31N3O3/c1-20-27(29(35)21-11-3-2-4-12-21)25(19-23-22-13-5-6-14-24(22)32-30(23)36)31-28(20)26(34)15-7-8-16-33-17-9-10-18-33/h2-6,11-14,19,31H,7-10,15-18H2,1H3,(H,32,36)/b23-19-. The molecule has 3 aromatic rings. The highest BCUT2D eigenvalue weighted by Gasteiger charge is 2.28. The predicted octanol–water partition coefficient (Wildman–Crippen LogP) is 5.50. The van der Waals surface area contributed by atoms with Crippen molar-refractivity contribution in [2.75, 3.05) is 25.0 Å². The second kappa shape index (κ2) is 10.5. The summed E-state index contributed by atoms with van der Waals surface area (Å²) < 4.78 is 0. The lowest BCUT2D eigenvalue weighted by atomic mass is 9.96. The number of benzene rings is 2. The number of Topliss-reactive ketones (excluding diaryl/α,β-unsaturated/α-hetero) is 1. The van der Waals surface area contributed by atoms with Gasteiger partial charge in [0.05, 0.1) is 22.5 Å². The second-order valence-corrected chi connectivity index (χ2v) is 9.60. The first kappa shape index (κ1) is 23.9. The van der Waals surface area contributed by atoms with Crippen LogP contribution in [0.4, 0.5) is 5.69 Å². The fourth-order valence-electron chi connectivity index (χ4n) is 5.21. The van der Waals surface area contributed by atoms with E-state index in [9.17, 15) is 14.4 Å². The number of anilines is 1. The van der Waals surface area contributed by atoms with Crippen molar-refractivity contribution in [3.05, 3.63) is 88.2 Å². The zero-order valence-electron chi connectivity index (χ0n) is 20.6. The number of hydrogen-bond acceptors (Lipinski definition) is 4. The highest BCUT2D eigenvalue weighted by atomic mass is 16.2. The Hall–Kier alpha value is -3.77. The van der Waals surface area contributed by atoms with Gasteiger partial charge in [0.25, 0.3) is 5.91 Å². The molecule has 1 amide bonds. The van der Waals surface area contributed by atoms with Gasteiger partial charge in [-0.05, 0) is 69.9 Å². The van der Waals surface area contributed by atoms with Crippen molar-refractivity contribution in [1.82, 2.24) is 9.88 Å². The molecule has 2 aliphatic rings. The van der Waals surface area contributed by atoms with Gasteiger partial charge in [-0.25, -0.2) is 0 Å². The van der Waals surface area contributed by atoms with Gasteiger partial charge < -0.3 is 15.2 Å². The number of hydrogen-bond donors (Lipinski definition) is 2. The molecule has 0 bridgehead atoms. The minimum atomic E-state index is -0.226. The van der Waals surface area contributed by atoms with Gasteiger partial charge in [-0.3, -0.25) is 14.4 Å². The van der Waals surface area contributed by atoms with Crippen molar-refractivity contribution in [2.45, 2.75) is 39.0 Å². The number of aromatic amines is 1. The number of rotatable bonds is 9. The van der Waals surface area contributed by atoms with Crippen molar-refractivity contribution >= 4 is 34.8 Å². The minimum Gasteiger partial charge on any atom is -0.352 e. The van der Waals surface area contributed by atoms with E-state index in [0.717, 1.165) is 43.7 Å². The van der Waals surface area contributed by atoms with Crippen molar-refractivity contribution in [1.29, 1.82) is 0 Å². The molecular weight excluding hydrogens is 450 g/mol. The van der Waals surface area contributed by atoms with Gasteiger partial charge in [-0.1, -0.05) is 48.5 Å². The van der Waals surface area contributed by atoms with Gasteiger partial charge in [0.2, 0.25) is 0 Å². The molecule has 2 N–H and O–H groups in total. The lowest BCUT2D eigenvalue weighted by Crippen LogP contribution is -2.20. The number of nitrogens with zero attached hydrogens (tertiary/aromatic N) is 1. The number of ketones is 2. The molecule has 0 saturated carbocycles. The molecule has 0 spiro atoms. The molecule has 0 radical (unpaired) electrons. The molecule has 3 heterocycles. The van der Waals surface area contributed by atoms with Gasteiger partial charge >= 0.3 is 0 Å². The van der Waals surface area contributed by atoms with Gasteiger partial charge in [0.15, 0.2) is 11.6 Å². The predicted molar refractivity (Wildman–Crippen MR) is 142 cm³/mol. The Kier molecular flexibility index (Phi) is 6.96. The Bertz CT molecular complexity index is 1330. The molecule has 184 valence electrons. The number of H-pyrrole nitrogens is 1. The number of aromatic nitrogens is 1. The van der Waals surface area contributed by atoms with E-state index in [1.807, 2.05) is 49.4 Å². The van der Waals surface area contributed by atoms with Crippen molar-refractivity contribution in [2.24, 2.45) is 0 Å². The third-order valence-electron chi connectivity index (χ3n) is 7.15. The van der Waals surface area contributed by atoms with Crippen LogP contribution in [0.5, 0.6) is 0 Å². The number of nitrogens with one attached hydrogen (secondary N) is 2. The summed E-state index contributed by atoms with van der Waals surface area (Å²) in [5.41, 5.74) is 4.54. The summed E-state index contributed by atoms with van der Waals surface area (Å²) in [4.78, 5) is 45.2. The first-order valence-electron chi connectivity index (χ1n) is 12.7. The summed E-state index contributed by atoms with van der Waals surface area (Å²) in [6, 6.07) is 16.5. The molecule has 0 atom stereocenters. The first-order valence-corrected chi connectivity index (χ1v) is 12.7. The molecular formula is C30H31N3O3. The van der Waals surface area contributed by atoms with Crippen LogP contribution in [0.15, 0.2) is 54.6 Å². The number of fused-ring (bicyclic) bond motifs is 1. The Balaban J connectivity index is 1.46. The summed E-state index contributed by atoms with van der Waals surface area (Å²) in [6.45, 7) is 5.15. The van der Waals surface area contributed by atoms with Crippen molar-refractivity contribution in [3.8, 4) is 0 Å². The monoisotopic (exact) mass is 481 g/mol. The number of carbonyl (C=O) groups excluding carboxylic acids is 3. The molecule has 6 heteroatoms. The van der Waals surface area contributed by atoms with Crippen LogP contribution in [-0.4, -0.2) is 47.0 Å². The van der Waals surface area contributed by atoms with E-state index in [1.165, 1.54) is 12.8 Å². The lowest BCUT2D eigenvalue weighted by Gasteiger charge is -2.13. The smallest absolute Gasteiger partial charge is 0.256 e. The molecule has 1 aromatic heterocycles. The average Bonchev–Trinajstić information content (AvgIpc) is 3.60. The van der Waals surface area contributed by atoms with Crippen LogP contribution in [0.1, 0.15) is 75.3 Å². The molecule has 6 nitrogen and oxygen atoms in total. The van der Waals surface area contributed by atoms with E-state index in [0.29, 0.717) is 40.1 Å². The van der Waals surface area contributed by atoms with Crippen LogP contribution < -0.4 is 5.32 Å². The molecule has 2 aliphatic heterocycles. The maximum Gasteiger partial charge on any atom is 0.256 e. The maximum absolute atomic E-state index is 13.6. The summed E-state index contributed by atoms with van der Waals surface area (Å²) in [7, 11) is 0. The number of para-hydroxylation sites is 1. The Morgan fingerprint density at radius 3 is 2.47 bits per heavy atom. The van der Waals surface area contributed by atoms with Crippen LogP contribution in [0.25, 0.3) is 11.6 Å².